The van der Waals surface area contributed by atoms with E-state index in [4.69, 9.17) is 5.73 Å². The molecular formula is C28H35BN. The van der Waals surface area contributed by atoms with Crippen LogP contribution in [0, 0.1) is 10.8 Å². The van der Waals surface area contributed by atoms with Gasteiger partial charge in [-0.3, -0.25) is 0 Å². The first-order valence-corrected chi connectivity index (χ1v) is 11.0. The van der Waals surface area contributed by atoms with E-state index in [0.717, 1.165) is 11.9 Å². The zero-order valence-corrected chi connectivity index (χ0v) is 19.4. The van der Waals surface area contributed by atoms with Crippen molar-refractivity contribution < 1.29 is 0 Å². The second kappa shape index (κ2) is 8.82. The second-order valence-electron chi connectivity index (χ2n) is 10.2. The van der Waals surface area contributed by atoms with Gasteiger partial charge in [0.05, 0.1) is 0 Å². The van der Waals surface area contributed by atoms with Gasteiger partial charge in [0.25, 0.3) is 0 Å². The molecule has 2 heteroatoms. The fraction of sp³-hybridized carbons (Fsp3) is 0.357. The minimum absolute atomic E-state index is 0.0626. The van der Waals surface area contributed by atoms with Crippen LogP contribution in [0.1, 0.15) is 53.1 Å². The molecule has 0 aliphatic carbocycles. The van der Waals surface area contributed by atoms with Crippen LogP contribution in [0.2, 0.25) is 6.32 Å². The summed E-state index contributed by atoms with van der Waals surface area (Å²) < 4.78 is 0. The van der Waals surface area contributed by atoms with Crippen LogP contribution >= 0.6 is 0 Å². The first kappa shape index (κ1) is 22.4. The van der Waals surface area contributed by atoms with E-state index in [1.54, 1.807) is 0 Å². The Hall–Kier alpha value is -2.32. The topological polar surface area (TPSA) is 26.0 Å². The summed E-state index contributed by atoms with van der Waals surface area (Å²) in [5, 5.41) is 0. The molecule has 3 aromatic carbocycles. The Bertz CT molecular complexity index is 978. The van der Waals surface area contributed by atoms with Gasteiger partial charge in [-0.05, 0) is 51.6 Å². The molecule has 1 nitrogen and oxygen atoms in total. The van der Waals surface area contributed by atoms with Crippen molar-refractivity contribution in [3.8, 4) is 22.3 Å². The lowest BCUT2D eigenvalue weighted by atomic mass is 9.53. The lowest BCUT2D eigenvalue weighted by Gasteiger charge is -2.39. The number of rotatable bonds is 6. The van der Waals surface area contributed by atoms with E-state index in [1.165, 1.54) is 27.7 Å². The average Bonchev–Trinajstić information content (AvgIpc) is 2.72. The lowest BCUT2D eigenvalue weighted by Crippen LogP contribution is -2.33. The van der Waals surface area contributed by atoms with Gasteiger partial charge in [0.2, 0.25) is 0 Å². The van der Waals surface area contributed by atoms with Crippen LogP contribution in [-0.2, 0) is 0 Å². The summed E-state index contributed by atoms with van der Waals surface area (Å²) in [6, 6.07) is 26.3. The number of benzene rings is 3. The molecule has 155 valence electrons. The Labute approximate surface area is 184 Å². The number of hydrogen-bond donors (Lipinski definition) is 1. The monoisotopic (exact) mass is 396 g/mol. The van der Waals surface area contributed by atoms with Crippen molar-refractivity contribution in [3.63, 3.8) is 0 Å². The van der Waals surface area contributed by atoms with Crippen molar-refractivity contribution in [3.05, 3.63) is 78.4 Å². The van der Waals surface area contributed by atoms with E-state index in [1.807, 2.05) is 6.92 Å². The van der Waals surface area contributed by atoms with E-state index in [-0.39, 0.29) is 16.9 Å². The molecule has 1 unspecified atom stereocenters. The van der Waals surface area contributed by atoms with Gasteiger partial charge in [0, 0.05) is 6.04 Å². The summed E-state index contributed by atoms with van der Waals surface area (Å²) in [5.74, 6) is 0. The smallest absolute Gasteiger partial charge is 0.152 e. The number of nitrogens with two attached hydrogens (primary N) is 1. The first-order valence-electron chi connectivity index (χ1n) is 11.0. The Balaban J connectivity index is 1.81. The molecule has 0 bridgehead atoms. The third kappa shape index (κ3) is 5.23. The van der Waals surface area contributed by atoms with Gasteiger partial charge in [-0.25, -0.2) is 0 Å². The van der Waals surface area contributed by atoms with E-state index in [0.29, 0.717) is 0 Å². The highest BCUT2D eigenvalue weighted by Gasteiger charge is 2.32. The maximum absolute atomic E-state index is 5.99. The van der Waals surface area contributed by atoms with Crippen LogP contribution in [0.4, 0.5) is 0 Å². The average molecular weight is 396 g/mol. The van der Waals surface area contributed by atoms with Crippen molar-refractivity contribution in [2.75, 3.05) is 0 Å². The molecule has 0 aliphatic rings. The van der Waals surface area contributed by atoms with E-state index in [2.05, 4.69) is 115 Å². The Kier molecular flexibility index (Phi) is 6.57. The molecule has 3 aromatic rings. The standard InChI is InChI=1S/C28H35BN/c1-20(30)21-13-15-22(16-14-21)23-9-7-10-24(17-23)25-11-8-12-26(18-25)29-19-28(5,6)27(2,3)4/h7-18,20H,19,30H2,1-6H3. The van der Waals surface area contributed by atoms with Gasteiger partial charge in [0.1, 0.15) is 0 Å². The van der Waals surface area contributed by atoms with Crippen LogP contribution in [0.15, 0.2) is 72.8 Å². The minimum atomic E-state index is 0.0626. The van der Waals surface area contributed by atoms with Gasteiger partial charge in [-0.15, -0.1) is 0 Å². The van der Waals surface area contributed by atoms with E-state index >= 15 is 0 Å². The third-order valence-electron chi connectivity index (χ3n) is 6.73. The van der Waals surface area contributed by atoms with Crippen molar-refractivity contribution in [2.45, 2.75) is 53.9 Å². The van der Waals surface area contributed by atoms with Crippen LogP contribution < -0.4 is 11.2 Å². The molecule has 0 amide bonds. The van der Waals surface area contributed by atoms with Gasteiger partial charge in [-0.2, -0.15) is 0 Å². The summed E-state index contributed by atoms with van der Waals surface area (Å²) in [5.41, 5.74) is 13.9. The van der Waals surface area contributed by atoms with Crippen molar-refractivity contribution in [1.29, 1.82) is 0 Å². The third-order valence-corrected chi connectivity index (χ3v) is 6.73. The highest BCUT2D eigenvalue weighted by molar-refractivity contribution is 6.53. The molecule has 1 atom stereocenters. The van der Waals surface area contributed by atoms with E-state index in [9.17, 15) is 0 Å². The predicted octanol–water partition coefficient (Wildman–Crippen LogP) is 6.86. The molecule has 0 saturated heterocycles. The molecule has 0 saturated carbocycles. The van der Waals surface area contributed by atoms with Gasteiger partial charge in [-0.1, -0.05) is 113 Å². The van der Waals surface area contributed by atoms with Crippen LogP contribution in [0.25, 0.3) is 22.3 Å². The summed E-state index contributed by atoms with van der Waals surface area (Å²) in [6.45, 7) is 13.7. The second-order valence-corrected chi connectivity index (χ2v) is 10.2. The first-order chi connectivity index (χ1) is 14.1. The maximum atomic E-state index is 5.99. The van der Waals surface area contributed by atoms with Crippen molar-refractivity contribution in [2.24, 2.45) is 16.6 Å². The molecule has 2 N–H and O–H groups in total. The molecule has 1 radical (unpaired) electrons. The van der Waals surface area contributed by atoms with Crippen molar-refractivity contribution in [1.82, 2.24) is 0 Å². The Morgan fingerprint density at radius 3 is 1.83 bits per heavy atom. The van der Waals surface area contributed by atoms with Crippen LogP contribution in [0.3, 0.4) is 0 Å². The Morgan fingerprint density at radius 2 is 1.27 bits per heavy atom. The summed E-state index contributed by atoms with van der Waals surface area (Å²) >= 11 is 0. The quantitative estimate of drug-likeness (QED) is 0.453. The van der Waals surface area contributed by atoms with Crippen LogP contribution in [-0.4, -0.2) is 7.28 Å². The zero-order chi connectivity index (χ0) is 21.9. The van der Waals surface area contributed by atoms with Crippen molar-refractivity contribution >= 4 is 12.7 Å². The van der Waals surface area contributed by atoms with E-state index < -0.39 is 0 Å². The summed E-state index contributed by atoms with van der Waals surface area (Å²) in [6.07, 6.45) is 1.06. The summed E-state index contributed by atoms with van der Waals surface area (Å²) in [7, 11) is 2.38. The SMILES string of the molecule is CC(N)c1ccc(-c2cccc(-c3cccc([B]CC(C)(C)C(C)(C)C)c3)c2)cc1. The maximum Gasteiger partial charge on any atom is 0.152 e. The molecule has 0 fully saturated rings. The highest BCUT2D eigenvalue weighted by atomic mass is 14.6. The molecule has 0 heterocycles. The van der Waals surface area contributed by atoms with Gasteiger partial charge >= 0.3 is 0 Å². The summed E-state index contributed by atoms with van der Waals surface area (Å²) in [4.78, 5) is 0. The van der Waals surface area contributed by atoms with Gasteiger partial charge in [0.15, 0.2) is 7.28 Å². The number of hydrogen-bond acceptors (Lipinski definition) is 1. The fourth-order valence-corrected chi connectivity index (χ4v) is 3.38. The largest absolute Gasteiger partial charge is 0.324 e. The fourth-order valence-electron chi connectivity index (χ4n) is 3.38. The normalized spacial score (nSPS) is 13.2. The molecule has 0 aliphatic heterocycles. The predicted molar refractivity (Wildman–Crippen MR) is 133 cm³/mol. The minimum Gasteiger partial charge on any atom is -0.324 e. The lowest BCUT2D eigenvalue weighted by molar-refractivity contribution is 0.157. The molecule has 3 rings (SSSR count). The molecular weight excluding hydrogens is 361 g/mol. The molecule has 30 heavy (non-hydrogen) atoms. The Morgan fingerprint density at radius 1 is 0.733 bits per heavy atom. The van der Waals surface area contributed by atoms with Crippen LogP contribution in [0.5, 0.6) is 0 Å². The zero-order valence-electron chi connectivity index (χ0n) is 19.4. The molecule has 0 aromatic heterocycles. The highest BCUT2D eigenvalue weighted by Crippen LogP contribution is 2.40. The van der Waals surface area contributed by atoms with Gasteiger partial charge < -0.3 is 5.73 Å². The molecule has 0 spiro atoms.